The number of carbonyl (C=O) groups is 2. The number of para-hydroxylation sites is 1. The van der Waals surface area contributed by atoms with E-state index in [9.17, 15) is 9.59 Å². The number of fused-ring (bicyclic) bond motifs is 1. The topological polar surface area (TPSA) is 52.7 Å². The molecule has 0 saturated heterocycles. The monoisotopic (exact) mass is 555 g/mol. The Bertz CT molecular complexity index is 1350. The summed E-state index contributed by atoms with van der Waals surface area (Å²) in [5.74, 6) is -0.0703. The van der Waals surface area contributed by atoms with Crippen LogP contribution in [0.2, 0.25) is 0 Å². The van der Waals surface area contributed by atoms with Crippen molar-refractivity contribution in [1.82, 2.24) is 10.2 Å². The first-order valence-electron chi connectivity index (χ1n) is 14.4. The number of carbonyl (C=O) groups excluding carboxylic acids is 2. The minimum atomic E-state index is -0.0624. The number of thioether (sulfide) groups is 1. The zero-order chi connectivity index (χ0) is 28.5. The highest BCUT2D eigenvalue weighted by Crippen LogP contribution is 2.42. The molecule has 2 amide bonds. The van der Waals surface area contributed by atoms with Gasteiger partial charge < -0.3 is 15.1 Å². The van der Waals surface area contributed by atoms with Gasteiger partial charge in [-0.05, 0) is 93.4 Å². The average Bonchev–Trinajstić information content (AvgIpc) is 2.97. The molecule has 40 heavy (non-hydrogen) atoms. The zero-order valence-corrected chi connectivity index (χ0v) is 25.0. The molecule has 0 aliphatic carbocycles. The number of benzene rings is 3. The lowest BCUT2D eigenvalue weighted by Crippen LogP contribution is -2.34. The number of rotatable bonds is 12. The molecular formula is C34H41N3O2S. The van der Waals surface area contributed by atoms with Crippen LogP contribution in [-0.4, -0.2) is 42.9 Å². The van der Waals surface area contributed by atoms with E-state index in [2.05, 4.69) is 62.2 Å². The van der Waals surface area contributed by atoms with Crippen LogP contribution < -0.4 is 10.2 Å². The average molecular weight is 556 g/mol. The van der Waals surface area contributed by atoms with E-state index in [1.165, 1.54) is 35.7 Å². The number of nitrogens with zero attached hydrogens (tertiary/aromatic N) is 2. The van der Waals surface area contributed by atoms with Crippen LogP contribution in [-0.2, 0) is 11.3 Å². The van der Waals surface area contributed by atoms with Crippen LogP contribution in [0.3, 0.4) is 0 Å². The lowest BCUT2D eigenvalue weighted by molar-refractivity contribution is -0.114. The summed E-state index contributed by atoms with van der Waals surface area (Å²) >= 11 is 1.50. The van der Waals surface area contributed by atoms with Gasteiger partial charge in [0, 0.05) is 17.0 Å². The van der Waals surface area contributed by atoms with Crippen molar-refractivity contribution in [2.75, 3.05) is 31.1 Å². The van der Waals surface area contributed by atoms with Crippen molar-refractivity contribution in [2.24, 2.45) is 0 Å². The van der Waals surface area contributed by atoms with Gasteiger partial charge in [-0.25, -0.2) is 0 Å². The first kappa shape index (κ1) is 29.6. The summed E-state index contributed by atoms with van der Waals surface area (Å²) < 4.78 is 0. The molecule has 5 nitrogen and oxygen atoms in total. The first-order chi connectivity index (χ1) is 19.4. The van der Waals surface area contributed by atoms with E-state index < -0.39 is 0 Å². The number of hydrogen-bond acceptors (Lipinski definition) is 4. The predicted octanol–water partition coefficient (Wildman–Crippen LogP) is 7.23. The van der Waals surface area contributed by atoms with Crippen molar-refractivity contribution in [1.29, 1.82) is 0 Å². The highest BCUT2D eigenvalue weighted by atomic mass is 32.2. The SMILES string of the molecule is CCCCN(CC)CCCNC(=O)c1ccc(/C=C2\Sc3ccccc3N(Cc3cc(C)ccc3C)C2=O)cc1. The highest BCUT2D eigenvalue weighted by Gasteiger charge is 2.29. The van der Waals surface area contributed by atoms with Crippen LogP contribution in [0.15, 0.2) is 76.5 Å². The Morgan fingerprint density at radius 1 is 0.975 bits per heavy atom. The fourth-order valence-electron chi connectivity index (χ4n) is 4.86. The predicted molar refractivity (Wildman–Crippen MR) is 168 cm³/mol. The van der Waals surface area contributed by atoms with Gasteiger partial charge >= 0.3 is 0 Å². The van der Waals surface area contributed by atoms with E-state index >= 15 is 0 Å². The smallest absolute Gasteiger partial charge is 0.265 e. The molecule has 1 N–H and O–H groups in total. The van der Waals surface area contributed by atoms with E-state index in [4.69, 9.17) is 0 Å². The fourth-order valence-corrected chi connectivity index (χ4v) is 5.92. The molecule has 3 aromatic carbocycles. The Balaban J connectivity index is 1.43. The van der Waals surface area contributed by atoms with E-state index in [0.29, 0.717) is 23.6 Å². The summed E-state index contributed by atoms with van der Waals surface area (Å²) in [4.78, 5) is 32.4. The normalized spacial score (nSPS) is 14.1. The fraction of sp³-hybridized carbons (Fsp3) is 0.353. The maximum Gasteiger partial charge on any atom is 0.265 e. The van der Waals surface area contributed by atoms with Crippen molar-refractivity contribution in [2.45, 2.75) is 58.4 Å². The summed E-state index contributed by atoms with van der Waals surface area (Å²) in [5.41, 5.74) is 5.97. The van der Waals surface area contributed by atoms with Gasteiger partial charge in [0.1, 0.15) is 0 Å². The number of hydrogen-bond donors (Lipinski definition) is 1. The van der Waals surface area contributed by atoms with Crippen molar-refractivity contribution in [3.05, 3.63) is 99.5 Å². The summed E-state index contributed by atoms with van der Waals surface area (Å²) in [5, 5.41) is 3.04. The Labute approximate surface area is 243 Å². The number of anilines is 1. The lowest BCUT2D eigenvalue weighted by Gasteiger charge is -2.31. The molecule has 1 aliphatic heterocycles. The molecule has 0 atom stereocenters. The molecule has 1 aliphatic rings. The molecule has 0 spiro atoms. The second-order valence-electron chi connectivity index (χ2n) is 10.4. The Hall–Kier alpha value is -3.35. The van der Waals surface area contributed by atoms with Crippen LogP contribution in [0.5, 0.6) is 0 Å². The van der Waals surface area contributed by atoms with Crippen LogP contribution in [0.4, 0.5) is 5.69 Å². The number of aryl methyl sites for hydroxylation is 2. The van der Waals surface area contributed by atoms with Crippen molar-refractivity contribution in [3.8, 4) is 0 Å². The molecule has 3 aromatic rings. The van der Waals surface area contributed by atoms with E-state index in [1.54, 1.807) is 0 Å². The zero-order valence-electron chi connectivity index (χ0n) is 24.2. The van der Waals surface area contributed by atoms with Gasteiger partial charge in [0.25, 0.3) is 11.8 Å². The van der Waals surface area contributed by atoms with E-state index in [0.717, 1.165) is 47.8 Å². The van der Waals surface area contributed by atoms with Gasteiger partial charge in [-0.1, -0.05) is 80.1 Å². The molecule has 0 bridgehead atoms. The van der Waals surface area contributed by atoms with Crippen LogP contribution in [0.25, 0.3) is 6.08 Å². The molecule has 0 radical (unpaired) electrons. The van der Waals surface area contributed by atoms with Crippen LogP contribution in [0.1, 0.15) is 65.7 Å². The van der Waals surface area contributed by atoms with Crippen molar-refractivity contribution < 1.29 is 9.59 Å². The number of amides is 2. The summed E-state index contributed by atoms with van der Waals surface area (Å²) in [6.07, 6.45) is 5.28. The Morgan fingerprint density at radius 2 is 1.73 bits per heavy atom. The van der Waals surface area contributed by atoms with Gasteiger partial charge in [-0.3, -0.25) is 9.59 Å². The Morgan fingerprint density at radius 3 is 2.48 bits per heavy atom. The molecule has 6 heteroatoms. The molecule has 1 heterocycles. The lowest BCUT2D eigenvalue weighted by atomic mass is 10.0. The third-order valence-corrected chi connectivity index (χ3v) is 8.42. The number of nitrogens with one attached hydrogen (secondary N) is 1. The second-order valence-corrected chi connectivity index (χ2v) is 11.5. The third kappa shape index (κ3) is 7.64. The third-order valence-electron chi connectivity index (χ3n) is 7.35. The second kappa shape index (κ2) is 14.3. The molecule has 0 aromatic heterocycles. The van der Waals surface area contributed by atoms with Crippen LogP contribution >= 0.6 is 11.8 Å². The molecule has 210 valence electrons. The van der Waals surface area contributed by atoms with E-state index in [1.807, 2.05) is 53.4 Å². The summed E-state index contributed by atoms with van der Waals surface area (Å²) in [6, 6.07) is 21.9. The van der Waals surface area contributed by atoms with Gasteiger partial charge in [0.15, 0.2) is 0 Å². The minimum Gasteiger partial charge on any atom is -0.352 e. The van der Waals surface area contributed by atoms with Gasteiger partial charge in [0.05, 0.1) is 17.1 Å². The molecular weight excluding hydrogens is 514 g/mol. The maximum atomic E-state index is 13.7. The molecule has 0 fully saturated rings. The van der Waals surface area contributed by atoms with Gasteiger partial charge in [0.2, 0.25) is 0 Å². The van der Waals surface area contributed by atoms with Crippen molar-refractivity contribution in [3.63, 3.8) is 0 Å². The quantitative estimate of drug-likeness (QED) is 0.189. The van der Waals surface area contributed by atoms with Crippen LogP contribution in [0, 0.1) is 13.8 Å². The minimum absolute atomic E-state index is 0.00788. The van der Waals surface area contributed by atoms with Gasteiger partial charge in [-0.2, -0.15) is 0 Å². The highest BCUT2D eigenvalue weighted by molar-refractivity contribution is 8.04. The molecule has 0 unspecified atom stereocenters. The standard InChI is InChI=1S/C34H41N3O2S/c1-5-7-20-36(6-2)21-10-19-35-33(38)28-17-15-27(16-18-28)23-32-34(39)37(30-11-8-9-12-31(30)40-32)24-29-22-25(3)13-14-26(29)4/h8-9,11-18,22-23H,5-7,10,19-21,24H2,1-4H3,(H,35,38)/b32-23-. The first-order valence-corrected chi connectivity index (χ1v) is 15.2. The van der Waals surface area contributed by atoms with E-state index in [-0.39, 0.29) is 11.8 Å². The summed E-state index contributed by atoms with van der Waals surface area (Å²) in [7, 11) is 0. The summed E-state index contributed by atoms with van der Waals surface area (Å²) in [6.45, 7) is 12.9. The number of unbranched alkanes of at least 4 members (excludes halogenated alkanes) is 1. The molecule has 4 rings (SSSR count). The van der Waals surface area contributed by atoms with Gasteiger partial charge in [-0.15, -0.1) is 0 Å². The van der Waals surface area contributed by atoms with Crippen molar-refractivity contribution >= 4 is 35.3 Å². The Kier molecular flexibility index (Phi) is 10.6. The maximum absolute atomic E-state index is 13.7. The largest absolute Gasteiger partial charge is 0.352 e. The molecule has 0 saturated carbocycles.